The number of nitrogens with zero attached hydrogens (tertiary/aromatic N) is 3. The van der Waals surface area contributed by atoms with Crippen LogP contribution in [0.25, 0.3) is 66.7 Å². The Morgan fingerprint density at radius 3 is 1.52 bits per heavy atom. The number of hydrogen-bond donors (Lipinski definition) is 0. The smallest absolute Gasteiger partial charge is 0.0966 e. The highest BCUT2D eigenvalue weighted by molar-refractivity contribution is 6.15. The zero-order valence-electron chi connectivity index (χ0n) is 29.5. The summed E-state index contributed by atoms with van der Waals surface area (Å²) in [7, 11) is 0. The lowest BCUT2D eigenvalue weighted by atomic mass is 9.93. The lowest BCUT2D eigenvalue weighted by Crippen LogP contribution is -2.08. The molecule has 0 unspecified atom stereocenters. The second-order valence-corrected chi connectivity index (χ2v) is 13.3. The van der Waals surface area contributed by atoms with Crippen LogP contribution in [-0.2, 0) is 0 Å². The van der Waals surface area contributed by atoms with Gasteiger partial charge in [-0.05, 0) is 105 Å². The molecule has 0 saturated heterocycles. The second kappa shape index (κ2) is 14.8. The minimum atomic E-state index is 0.764. The minimum absolute atomic E-state index is 0.764. The van der Waals surface area contributed by atoms with Crippen molar-refractivity contribution in [2.24, 2.45) is 4.99 Å². The maximum atomic E-state index is 5.47. The Kier molecular flexibility index (Phi) is 8.94. The summed E-state index contributed by atoms with van der Waals surface area (Å²) in [5.74, 6) is 0. The number of rotatable bonds is 8. The molecule has 0 saturated carbocycles. The largest absolute Gasteiger partial charge is 0.256 e. The number of aliphatic imine (C=N–C) groups is 1. The second-order valence-electron chi connectivity index (χ2n) is 13.3. The van der Waals surface area contributed by atoms with E-state index in [1.807, 2.05) is 42.6 Å². The molecule has 0 radical (unpaired) electrons. The van der Waals surface area contributed by atoms with Crippen LogP contribution in [0.4, 0.5) is 5.69 Å². The summed E-state index contributed by atoms with van der Waals surface area (Å²) in [6.45, 7) is 0. The third-order valence-electron chi connectivity index (χ3n) is 9.69. The van der Waals surface area contributed by atoms with Crippen LogP contribution < -0.4 is 0 Å². The summed E-state index contributed by atoms with van der Waals surface area (Å²) in [5, 5.41) is 2.32. The van der Waals surface area contributed by atoms with Crippen LogP contribution in [0, 0.1) is 0 Å². The molecule has 2 aromatic heterocycles. The number of pyridine rings is 2. The monoisotopic (exact) mass is 689 g/mol. The summed E-state index contributed by atoms with van der Waals surface area (Å²) >= 11 is 0. The first-order chi connectivity index (χ1) is 26.7. The average Bonchev–Trinajstić information content (AvgIpc) is 3.26. The third kappa shape index (κ3) is 6.99. The van der Waals surface area contributed by atoms with Gasteiger partial charge in [-0.3, -0.25) is 4.98 Å². The van der Waals surface area contributed by atoms with Crippen molar-refractivity contribution in [1.82, 2.24) is 9.97 Å². The van der Waals surface area contributed by atoms with Gasteiger partial charge in [0.2, 0.25) is 0 Å². The first kappa shape index (κ1) is 32.7. The van der Waals surface area contributed by atoms with Crippen LogP contribution in [0.1, 0.15) is 11.3 Å². The van der Waals surface area contributed by atoms with E-state index in [2.05, 4.69) is 170 Å². The van der Waals surface area contributed by atoms with E-state index < -0.39 is 0 Å². The molecule has 0 aliphatic rings. The van der Waals surface area contributed by atoms with E-state index in [9.17, 15) is 0 Å². The van der Waals surface area contributed by atoms with Crippen molar-refractivity contribution in [1.29, 1.82) is 0 Å². The summed E-state index contributed by atoms with van der Waals surface area (Å²) in [6, 6.07) is 71.9. The van der Waals surface area contributed by atoms with Crippen LogP contribution in [0.15, 0.2) is 217 Å². The lowest BCUT2D eigenvalue weighted by Gasteiger charge is -2.15. The molecular weight excluding hydrogens is 655 g/mol. The molecule has 0 amide bonds. The van der Waals surface area contributed by atoms with Gasteiger partial charge in [-0.15, -0.1) is 0 Å². The Morgan fingerprint density at radius 1 is 0.352 bits per heavy atom. The van der Waals surface area contributed by atoms with Gasteiger partial charge in [0.05, 0.1) is 28.5 Å². The van der Waals surface area contributed by atoms with Gasteiger partial charge >= 0.3 is 0 Å². The van der Waals surface area contributed by atoms with Crippen molar-refractivity contribution in [2.45, 2.75) is 0 Å². The minimum Gasteiger partial charge on any atom is -0.256 e. The van der Waals surface area contributed by atoms with Gasteiger partial charge in [0.25, 0.3) is 0 Å². The SMILES string of the molecule is c1ccc(/N=C(\c2ccc3ccccc3c2)c2cc(-c3cc(-c4ccccc4)ccn3)cc(-c3cc(-c4ccccc4)cc(-c4ccccc4)c3)n2)cc1. The first-order valence-electron chi connectivity index (χ1n) is 18.2. The number of para-hydroxylation sites is 1. The molecule has 0 aliphatic carbocycles. The van der Waals surface area contributed by atoms with Crippen LogP contribution in [0.5, 0.6) is 0 Å². The molecule has 0 N–H and O–H groups in total. The maximum Gasteiger partial charge on any atom is 0.0966 e. The molecule has 9 aromatic rings. The molecule has 254 valence electrons. The number of fused-ring (bicyclic) bond motifs is 1. The van der Waals surface area contributed by atoms with E-state index in [1.54, 1.807) is 0 Å². The van der Waals surface area contributed by atoms with E-state index in [-0.39, 0.29) is 0 Å². The number of hydrogen-bond acceptors (Lipinski definition) is 3. The van der Waals surface area contributed by atoms with Gasteiger partial charge in [0, 0.05) is 22.9 Å². The summed E-state index contributed by atoms with van der Waals surface area (Å²) < 4.78 is 0. The van der Waals surface area contributed by atoms with Crippen molar-refractivity contribution in [3.05, 3.63) is 224 Å². The third-order valence-corrected chi connectivity index (χ3v) is 9.69. The molecule has 54 heavy (non-hydrogen) atoms. The Hall–Kier alpha value is -7.23. The van der Waals surface area contributed by atoms with Crippen LogP contribution in [0.3, 0.4) is 0 Å². The van der Waals surface area contributed by atoms with Gasteiger partial charge in [0.15, 0.2) is 0 Å². The normalized spacial score (nSPS) is 11.4. The fourth-order valence-corrected chi connectivity index (χ4v) is 6.95. The van der Waals surface area contributed by atoms with E-state index in [0.717, 1.165) is 83.9 Å². The average molecular weight is 690 g/mol. The van der Waals surface area contributed by atoms with Crippen molar-refractivity contribution in [3.8, 4) is 55.9 Å². The van der Waals surface area contributed by atoms with Crippen molar-refractivity contribution in [2.75, 3.05) is 0 Å². The lowest BCUT2D eigenvalue weighted by molar-refractivity contribution is 1.26. The zero-order valence-corrected chi connectivity index (χ0v) is 29.5. The molecule has 3 heteroatoms. The topological polar surface area (TPSA) is 38.1 Å². The zero-order chi connectivity index (χ0) is 36.1. The van der Waals surface area contributed by atoms with E-state index >= 15 is 0 Å². The molecule has 2 heterocycles. The van der Waals surface area contributed by atoms with E-state index in [0.29, 0.717) is 0 Å². The number of benzene rings is 7. The predicted molar refractivity (Wildman–Crippen MR) is 225 cm³/mol. The molecule has 0 fully saturated rings. The van der Waals surface area contributed by atoms with Gasteiger partial charge in [-0.1, -0.05) is 146 Å². The van der Waals surface area contributed by atoms with Crippen LogP contribution >= 0.6 is 0 Å². The maximum absolute atomic E-state index is 5.47. The molecule has 0 atom stereocenters. The molecule has 0 spiro atoms. The Balaban J connectivity index is 1.30. The van der Waals surface area contributed by atoms with Crippen LogP contribution in [0.2, 0.25) is 0 Å². The van der Waals surface area contributed by atoms with Gasteiger partial charge in [-0.25, -0.2) is 9.98 Å². The van der Waals surface area contributed by atoms with E-state index in [4.69, 9.17) is 15.0 Å². The fourth-order valence-electron chi connectivity index (χ4n) is 6.95. The highest BCUT2D eigenvalue weighted by Gasteiger charge is 2.17. The van der Waals surface area contributed by atoms with Gasteiger partial charge in [-0.2, -0.15) is 0 Å². The molecule has 9 rings (SSSR count). The van der Waals surface area contributed by atoms with Crippen molar-refractivity contribution < 1.29 is 0 Å². The fraction of sp³-hybridized carbons (Fsp3) is 0. The highest BCUT2D eigenvalue weighted by atomic mass is 14.8. The van der Waals surface area contributed by atoms with Crippen LogP contribution in [-0.4, -0.2) is 15.7 Å². The van der Waals surface area contributed by atoms with Gasteiger partial charge in [0.1, 0.15) is 0 Å². The molecule has 7 aromatic carbocycles. The van der Waals surface area contributed by atoms with Crippen molar-refractivity contribution in [3.63, 3.8) is 0 Å². The van der Waals surface area contributed by atoms with E-state index in [1.165, 1.54) is 5.39 Å². The molecule has 0 aliphatic heterocycles. The molecule has 0 bridgehead atoms. The molecule has 3 nitrogen and oxygen atoms in total. The molecular formula is C51H35N3. The Bertz CT molecular complexity index is 2680. The standard InChI is InChI=1S/C51H35N3/c1-5-15-36(16-6-1)41-27-28-52-48(33-41)46-34-49(45-31-43(37-17-7-2-8-18-37)30-44(32-45)38-19-9-3-10-20-38)54-50(35-46)51(53-47-23-11-4-12-24-47)42-26-25-39-21-13-14-22-40(39)29-42/h1-35H/b53-51+. The Labute approximate surface area is 315 Å². The summed E-state index contributed by atoms with van der Waals surface area (Å²) in [5.41, 5.74) is 13.8. The van der Waals surface area contributed by atoms with Gasteiger partial charge < -0.3 is 0 Å². The summed E-state index contributed by atoms with van der Waals surface area (Å²) in [6.07, 6.45) is 1.89. The first-order valence-corrected chi connectivity index (χ1v) is 18.2. The Morgan fingerprint density at radius 2 is 0.870 bits per heavy atom. The quantitative estimate of drug-likeness (QED) is 0.149. The van der Waals surface area contributed by atoms with Crippen molar-refractivity contribution >= 4 is 22.2 Å². The number of aromatic nitrogens is 2. The predicted octanol–water partition coefficient (Wildman–Crippen LogP) is 13.1. The summed E-state index contributed by atoms with van der Waals surface area (Å²) in [4.78, 5) is 15.7. The highest BCUT2D eigenvalue weighted by Crippen LogP contribution is 2.35.